The Balaban J connectivity index is 2.07. The molecule has 0 saturated carbocycles. The van der Waals surface area contributed by atoms with Crippen LogP contribution in [0.15, 0.2) is 30.9 Å². The summed E-state index contributed by atoms with van der Waals surface area (Å²) in [5, 5.41) is 7.23. The summed E-state index contributed by atoms with van der Waals surface area (Å²) >= 11 is 0. The predicted molar refractivity (Wildman–Crippen MR) is 95.1 cm³/mol. The van der Waals surface area contributed by atoms with Crippen molar-refractivity contribution in [3.8, 4) is 23.1 Å². The van der Waals surface area contributed by atoms with Crippen molar-refractivity contribution in [2.45, 2.75) is 26.3 Å². The molecule has 0 aliphatic rings. The lowest BCUT2D eigenvalue weighted by atomic mass is 10.1. The summed E-state index contributed by atoms with van der Waals surface area (Å²) in [5.41, 5.74) is 0.856. The molecule has 0 saturated heterocycles. The van der Waals surface area contributed by atoms with Gasteiger partial charge in [0.25, 0.3) is 5.91 Å². The van der Waals surface area contributed by atoms with Gasteiger partial charge >= 0.3 is 0 Å². The van der Waals surface area contributed by atoms with Crippen molar-refractivity contribution in [3.63, 3.8) is 0 Å². The Morgan fingerprint density at radius 3 is 2.54 bits per heavy atom. The molecule has 0 aromatic carbocycles. The van der Waals surface area contributed by atoms with Crippen LogP contribution in [0, 0.1) is 0 Å². The molecule has 0 radical (unpaired) electrons. The molecule has 9 nitrogen and oxygen atoms in total. The number of hydrogen-bond acceptors (Lipinski definition) is 6. The molecule has 3 aromatic rings. The lowest BCUT2D eigenvalue weighted by Crippen LogP contribution is -2.41. The number of nitrogens with one attached hydrogen (secondary N) is 1. The van der Waals surface area contributed by atoms with Crippen LogP contribution in [0.4, 0.5) is 0 Å². The van der Waals surface area contributed by atoms with Gasteiger partial charge in [0.15, 0.2) is 5.82 Å². The van der Waals surface area contributed by atoms with Gasteiger partial charge in [-0.25, -0.2) is 19.6 Å². The first kappa shape index (κ1) is 17.6. The van der Waals surface area contributed by atoms with Gasteiger partial charge < -0.3 is 14.6 Å². The Bertz CT molecular complexity index is 919. The summed E-state index contributed by atoms with van der Waals surface area (Å²) in [5.74, 6) is 0.655. The molecule has 9 heteroatoms. The van der Waals surface area contributed by atoms with Crippen LogP contribution in [0.25, 0.3) is 17.2 Å². The van der Waals surface area contributed by atoms with Crippen molar-refractivity contribution in [2.24, 2.45) is 7.05 Å². The van der Waals surface area contributed by atoms with Gasteiger partial charge in [-0.2, -0.15) is 0 Å². The van der Waals surface area contributed by atoms with Gasteiger partial charge in [-0.05, 0) is 26.8 Å². The standard InChI is InChI=1S/C17H21N7O2/c1-17(2,3)21-16(25)14-20-15(12-9-23(4)10-19-12)24(22-14)11-6-7-13(26-5)18-8-11/h6-10H,1-5H3,(H,21,25). The Kier molecular flexibility index (Phi) is 4.45. The van der Waals surface area contributed by atoms with Crippen LogP contribution in [-0.4, -0.2) is 47.9 Å². The van der Waals surface area contributed by atoms with Crippen molar-refractivity contribution >= 4 is 5.91 Å². The summed E-state index contributed by atoms with van der Waals surface area (Å²) in [6.07, 6.45) is 5.07. The third-order valence-electron chi connectivity index (χ3n) is 3.41. The fraction of sp³-hybridized carbons (Fsp3) is 0.353. The van der Waals surface area contributed by atoms with Gasteiger partial charge in [0.2, 0.25) is 11.7 Å². The minimum Gasteiger partial charge on any atom is -0.481 e. The molecule has 0 fully saturated rings. The molecular formula is C17H21N7O2. The summed E-state index contributed by atoms with van der Waals surface area (Å²) in [7, 11) is 3.41. The molecule has 0 spiro atoms. The number of nitrogens with zero attached hydrogens (tertiary/aromatic N) is 6. The van der Waals surface area contributed by atoms with E-state index in [0.29, 0.717) is 23.1 Å². The zero-order chi connectivity index (χ0) is 18.9. The van der Waals surface area contributed by atoms with E-state index in [0.717, 1.165) is 0 Å². The largest absolute Gasteiger partial charge is 0.481 e. The average Bonchev–Trinajstić information content (AvgIpc) is 3.19. The predicted octanol–water partition coefficient (Wildman–Crippen LogP) is 1.60. The lowest BCUT2D eigenvalue weighted by molar-refractivity contribution is 0.0909. The highest BCUT2D eigenvalue weighted by molar-refractivity contribution is 5.91. The van der Waals surface area contributed by atoms with Crippen LogP contribution in [0.2, 0.25) is 0 Å². The van der Waals surface area contributed by atoms with E-state index in [9.17, 15) is 4.79 Å². The Morgan fingerprint density at radius 2 is 2.00 bits per heavy atom. The fourth-order valence-corrected chi connectivity index (χ4v) is 2.30. The third kappa shape index (κ3) is 3.71. The molecule has 26 heavy (non-hydrogen) atoms. The summed E-state index contributed by atoms with van der Waals surface area (Å²) < 4.78 is 8.43. The van der Waals surface area contributed by atoms with E-state index < -0.39 is 5.54 Å². The first-order chi connectivity index (χ1) is 12.3. The normalized spacial score (nSPS) is 11.4. The van der Waals surface area contributed by atoms with E-state index in [-0.39, 0.29) is 11.7 Å². The molecule has 136 valence electrons. The van der Waals surface area contributed by atoms with Crippen molar-refractivity contribution in [3.05, 3.63) is 36.7 Å². The summed E-state index contributed by atoms with van der Waals surface area (Å²) in [6.45, 7) is 5.69. The molecule has 0 bridgehead atoms. The number of rotatable bonds is 4. The summed E-state index contributed by atoms with van der Waals surface area (Å²) in [4.78, 5) is 25.4. The molecular weight excluding hydrogens is 334 g/mol. The van der Waals surface area contributed by atoms with Crippen molar-refractivity contribution < 1.29 is 9.53 Å². The summed E-state index contributed by atoms with van der Waals surface area (Å²) in [6, 6.07) is 3.51. The molecule has 0 aliphatic heterocycles. The highest BCUT2D eigenvalue weighted by atomic mass is 16.5. The maximum Gasteiger partial charge on any atom is 0.291 e. The molecule has 1 amide bonds. The second kappa shape index (κ2) is 6.58. The number of aromatic nitrogens is 6. The van der Waals surface area contributed by atoms with Crippen LogP contribution in [0.3, 0.4) is 0 Å². The molecule has 3 heterocycles. The number of ether oxygens (including phenoxy) is 1. The zero-order valence-corrected chi connectivity index (χ0v) is 15.4. The van der Waals surface area contributed by atoms with E-state index in [4.69, 9.17) is 4.74 Å². The molecule has 3 aromatic heterocycles. The van der Waals surface area contributed by atoms with E-state index in [1.54, 1.807) is 41.0 Å². The maximum absolute atomic E-state index is 12.5. The SMILES string of the molecule is COc1ccc(-n2nc(C(=O)NC(C)(C)C)nc2-c2cn(C)cn2)cn1. The molecule has 0 aliphatic carbocycles. The quantitative estimate of drug-likeness (QED) is 0.763. The first-order valence-corrected chi connectivity index (χ1v) is 8.05. The van der Waals surface area contributed by atoms with Crippen molar-refractivity contribution in [1.29, 1.82) is 0 Å². The molecule has 0 unspecified atom stereocenters. The fourth-order valence-electron chi connectivity index (χ4n) is 2.30. The van der Waals surface area contributed by atoms with Crippen LogP contribution in [-0.2, 0) is 7.05 Å². The Hall–Kier alpha value is -3.23. The number of carbonyl (C=O) groups excluding carboxylic acids is 1. The highest BCUT2D eigenvalue weighted by Crippen LogP contribution is 2.20. The first-order valence-electron chi connectivity index (χ1n) is 8.05. The molecule has 0 atom stereocenters. The van der Waals surface area contributed by atoms with Gasteiger partial charge in [-0.15, -0.1) is 5.10 Å². The van der Waals surface area contributed by atoms with Crippen molar-refractivity contribution in [2.75, 3.05) is 7.11 Å². The van der Waals surface area contributed by atoms with Crippen LogP contribution in [0.1, 0.15) is 31.4 Å². The van der Waals surface area contributed by atoms with Gasteiger partial charge in [0.05, 0.1) is 25.3 Å². The van der Waals surface area contributed by atoms with Gasteiger partial charge in [0, 0.05) is 24.8 Å². The number of pyridine rings is 1. The molecule has 3 rings (SSSR count). The number of methoxy groups -OCH3 is 1. The Labute approximate surface area is 151 Å². The second-order valence-electron chi connectivity index (χ2n) is 6.86. The monoisotopic (exact) mass is 355 g/mol. The number of amides is 1. The number of hydrogen-bond donors (Lipinski definition) is 1. The highest BCUT2D eigenvalue weighted by Gasteiger charge is 2.23. The second-order valence-corrected chi connectivity index (χ2v) is 6.86. The van der Waals surface area contributed by atoms with E-state index in [1.807, 2.05) is 34.0 Å². The topological polar surface area (TPSA) is 99.8 Å². The Morgan fingerprint density at radius 1 is 1.23 bits per heavy atom. The molecule has 1 N–H and O–H groups in total. The zero-order valence-electron chi connectivity index (χ0n) is 15.4. The number of imidazole rings is 1. The van der Waals surface area contributed by atoms with E-state index in [1.165, 1.54) is 0 Å². The van der Waals surface area contributed by atoms with Crippen LogP contribution < -0.4 is 10.1 Å². The lowest BCUT2D eigenvalue weighted by Gasteiger charge is -2.18. The average molecular weight is 355 g/mol. The number of aryl methyl sites for hydroxylation is 1. The van der Waals surface area contributed by atoms with Gasteiger partial charge in [0.1, 0.15) is 5.69 Å². The minimum atomic E-state index is -0.393. The minimum absolute atomic E-state index is 0.0661. The number of carbonyl (C=O) groups is 1. The van der Waals surface area contributed by atoms with E-state index >= 15 is 0 Å². The van der Waals surface area contributed by atoms with Gasteiger partial charge in [-0.1, -0.05) is 0 Å². The smallest absolute Gasteiger partial charge is 0.291 e. The maximum atomic E-state index is 12.5. The third-order valence-corrected chi connectivity index (χ3v) is 3.41. The van der Waals surface area contributed by atoms with Crippen LogP contribution in [0.5, 0.6) is 5.88 Å². The van der Waals surface area contributed by atoms with Crippen molar-refractivity contribution in [1.82, 2.24) is 34.6 Å². The van der Waals surface area contributed by atoms with E-state index in [2.05, 4.69) is 25.4 Å². The van der Waals surface area contributed by atoms with Crippen LogP contribution >= 0.6 is 0 Å². The van der Waals surface area contributed by atoms with Gasteiger partial charge in [-0.3, -0.25) is 4.79 Å².